The number of ether oxygens (including phenoxy) is 2. The molecule has 6 heteroatoms. The smallest absolute Gasteiger partial charge is 0.255 e. The van der Waals surface area contributed by atoms with Crippen LogP contribution in [0.5, 0.6) is 5.75 Å². The van der Waals surface area contributed by atoms with Crippen LogP contribution in [0.4, 0.5) is 0 Å². The van der Waals surface area contributed by atoms with Gasteiger partial charge in [0.15, 0.2) is 0 Å². The lowest BCUT2D eigenvalue weighted by molar-refractivity contribution is -0.129. The number of carbonyl (C=O) groups is 2. The van der Waals surface area contributed by atoms with Crippen LogP contribution in [0.3, 0.4) is 0 Å². The number of rotatable bonds is 5. The lowest BCUT2D eigenvalue weighted by atomic mass is 9.71. The van der Waals surface area contributed by atoms with E-state index in [-0.39, 0.29) is 29.4 Å². The maximum atomic E-state index is 13.3. The highest BCUT2D eigenvalue weighted by Gasteiger charge is 2.54. The zero-order valence-corrected chi connectivity index (χ0v) is 19.8. The monoisotopic (exact) mass is 448 g/mol. The van der Waals surface area contributed by atoms with Gasteiger partial charge in [0.25, 0.3) is 5.91 Å². The first-order valence-corrected chi connectivity index (χ1v) is 11.4. The second-order valence-corrected chi connectivity index (χ2v) is 8.81. The van der Waals surface area contributed by atoms with Crippen LogP contribution in [-0.4, -0.2) is 50.1 Å². The molecule has 0 bridgehead atoms. The molecule has 1 N–H and O–H groups in total. The number of methoxy groups -OCH3 is 2. The first-order chi connectivity index (χ1) is 16.0. The Labute approximate surface area is 195 Å². The van der Waals surface area contributed by atoms with Crippen LogP contribution in [0.1, 0.15) is 54.2 Å². The average molecular weight is 449 g/mol. The van der Waals surface area contributed by atoms with Crippen LogP contribution < -0.4 is 10.1 Å². The van der Waals surface area contributed by atoms with Crippen LogP contribution >= 0.6 is 0 Å². The summed E-state index contributed by atoms with van der Waals surface area (Å²) in [5, 5.41) is 3.23. The topological polar surface area (TPSA) is 67.9 Å². The molecular weight excluding hydrogens is 416 g/mol. The van der Waals surface area contributed by atoms with Crippen LogP contribution in [0.15, 0.2) is 60.2 Å². The average Bonchev–Trinajstić information content (AvgIpc) is 3.11. The minimum atomic E-state index is -0.289. The second kappa shape index (κ2) is 9.40. The molecule has 1 saturated heterocycles. The number of likely N-dealkylation sites (tertiary alicyclic amines) is 1. The predicted octanol–water partition coefficient (Wildman–Crippen LogP) is 4.02. The van der Waals surface area contributed by atoms with Crippen LogP contribution in [0.25, 0.3) is 0 Å². The van der Waals surface area contributed by atoms with E-state index in [1.807, 2.05) is 49.1 Å². The number of nitrogens with one attached hydrogen (secondary N) is 1. The molecule has 6 nitrogen and oxygen atoms in total. The molecule has 174 valence electrons. The SMILES string of the molecule is C/C=C(\C)C(=O)N1CCC2(CC1)c1ccccc1[C@@H](NC(=O)c1ccccc1OC)[C@@H]2OC. The van der Waals surface area contributed by atoms with Gasteiger partial charge in [0, 0.05) is 31.2 Å². The van der Waals surface area contributed by atoms with Gasteiger partial charge in [-0.2, -0.15) is 0 Å². The first kappa shape index (κ1) is 23.1. The first-order valence-electron chi connectivity index (χ1n) is 11.4. The molecule has 1 aliphatic carbocycles. The summed E-state index contributed by atoms with van der Waals surface area (Å²) in [6.07, 6.45) is 3.20. The summed E-state index contributed by atoms with van der Waals surface area (Å²) in [5.41, 5.74) is 3.29. The van der Waals surface area contributed by atoms with Crippen LogP contribution in [0.2, 0.25) is 0 Å². The van der Waals surface area contributed by atoms with Crippen molar-refractivity contribution in [2.45, 2.75) is 44.2 Å². The van der Waals surface area contributed by atoms with Gasteiger partial charge in [-0.3, -0.25) is 9.59 Å². The van der Waals surface area contributed by atoms with Crippen molar-refractivity contribution in [3.63, 3.8) is 0 Å². The molecule has 1 fully saturated rings. The molecule has 0 aromatic heterocycles. The van der Waals surface area contributed by atoms with E-state index in [0.29, 0.717) is 24.4 Å². The van der Waals surface area contributed by atoms with Gasteiger partial charge in [-0.1, -0.05) is 42.5 Å². The van der Waals surface area contributed by atoms with Crippen molar-refractivity contribution in [3.8, 4) is 5.75 Å². The number of amides is 2. The number of nitrogens with zero attached hydrogens (tertiary/aromatic N) is 1. The Bertz CT molecular complexity index is 1070. The van der Waals surface area contributed by atoms with E-state index in [0.717, 1.165) is 24.0 Å². The zero-order valence-electron chi connectivity index (χ0n) is 19.8. The Kier molecular flexibility index (Phi) is 6.56. The number of hydrogen-bond donors (Lipinski definition) is 1. The molecule has 2 atom stereocenters. The highest BCUT2D eigenvalue weighted by atomic mass is 16.5. The van der Waals surface area contributed by atoms with E-state index in [2.05, 4.69) is 17.4 Å². The normalized spacial score (nSPS) is 21.6. The fraction of sp³-hybridized carbons (Fsp3) is 0.407. The van der Waals surface area contributed by atoms with Crippen molar-refractivity contribution < 1.29 is 19.1 Å². The van der Waals surface area contributed by atoms with Gasteiger partial charge in [0.1, 0.15) is 5.75 Å². The Morgan fingerprint density at radius 3 is 2.39 bits per heavy atom. The number of fused-ring (bicyclic) bond motifs is 2. The third kappa shape index (κ3) is 3.93. The number of para-hydroxylation sites is 1. The molecule has 2 aromatic carbocycles. The Morgan fingerprint density at radius 2 is 1.73 bits per heavy atom. The summed E-state index contributed by atoms with van der Waals surface area (Å²) in [6, 6.07) is 15.2. The maximum absolute atomic E-state index is 13.3. The van der Waals surface area contributed by atoms with Crippen molar-refractivity contribution in [1.29, 1.82) is 0 Å². The van der Waals surface area contributed by atoms with E-state index in [1.165, 1.54) is 5.56 Å². The summed E-state index contributed by atoms with van der Waals surface area (Å²) in [7, 11) is 3.27. The van der Waals surface area contributed by atoms with E-state index in [4.69, 9.17) is 9.47 Å². The van der Waals surface area contributed by atoms with E-state index in [9.17, 15) is 9.59 Å². The highest BCUT2D eigenvalue weighted by Crippen LogP contribution is 2.52. The minimum absolute atomic E-state index is 0.0913. The highest BCUT2D eigenvalue weighted by molar-refractivity contribution is 5.97. The van der Waals surface area contributed by atoms with Crippen molar-refractivity contribution in [2.24, 2.45) is 0 Å². The molecule has 33 heavy (non-hydrogen) atoms. The van der Waals surface area contributed by atoms with Crippen LogP contribution in [0, 0.1) is 0 Å². The molecule has 1 spiro atoms. The van der Waals surface area contributed by atoms with Gasteiger partial charge in [-0.25, -0.2) is 0 Å². The van der Waals surface area contributed by atoms with Gasteiger partial charge < -0.3 is 19.7 Å². The number of hydrogen-bond acceptors (Lipinski definition) is 4. The van der Waals surface area contributed by atoms with Crippen molar-refractivity contribution in [1.82, 2.24) is 10.2 Å². The fourth-order valence-electron chi connectivity index (χ4n) is 5.46. The van der Waals surface area contributed by atoms with Crippen molar-refractivity contribution in [3.05, 3.63) is 76.9 Å². The molecule has 2 amide bonds. The van der Waals surface area contributed by atoms with E-state index in [1.54, 1.807) is 26.4 Å². The molecule has 2 aromatic rings. The Hall–Kier alpha value is -3.12. The summed E-state index contributed by atoms with van der Waals surface area (Å²) >= 11 is 0. The Balaban J connectivity index is 1.64. The third-order valence-electron chi connectivity index (χ3n) is 7.28. The lowest BCUT2D eigenvalue weighted by Crippen LogP contribution is -2.51. The molecule has 0 unspecified atom stereocenters. The van der Waals surface area contributed by atoms with Gasteiger partial charge in [-0.15, -0.1) is 0 Å². The number of benzene rings is 2. The molecule has 4 rings (SSSR count). The van der Waals surface area contributed by atoms with Gasteiger partial charge in [0.05, 0.1) is 24.8 Å². The molecular formula is C27H32N2O4. The third-order valence-corrected chi connectivity index (χ3v) is 7.28. The van der Waals surface area contributed by atoms with Crippen molar-refractivity contribution >= 4 is 11.8 Å². The number of piperidine rings is 1. The lowest BCUT2D eigenvalue weighted by Gasteiger charge is -2.44. The standard InChI is InChI=1S/C27H32N2O4/c1-5-18(2)26(31)29-16-14-27(15-17-29)21-12-8-6-10-19(21)23(24(27)33-4)28-25(30)20-11-7-9-13-22(20)32-3/h5-13,23-24H,14-17H2,1-4H3,(H,28,30)/b18-5+/t23-,24+/m1/s1. The predicted molar refractivity (Wildman–Crippen MR) is 127 cm³/mol. The molecule has 2 aliphatic rings. The molecule has 0 radical (unpaired) electrons. The zero-order chi connectivity index (χ0) is 23.6. The summed E-state index contributed by atoms with van der Waals surface area (Å²) in [5.74, 6) is 0.437. The maximum Gasteiger partial charge on any atom is 0.255 e. The van der Waals surface area contributed by atoms with E-state index >= 15 is 0 Å². The summed E-state index contributed by atoms with van der Waals surface area (Å²) in [6.45, 7) is 5.07. The van der Waals surface area contributed by atoms with E-state index < -0.39 is 0 Å². The van der Waals surface area contributed by atoms with Gasteiger partial charge in [0.2, 0.25) is 5.91 Å². The Morgan fingerprint density at radius 1 is 1.06 bits per heavy atom. The van der Waals surface area contributed by atoms with Gasteiger partial charge >= 0.3 is 0 Å². The number of carbonyl (C=O) groups excluding carboxylic acids is 2. The molecule has 1 aliphatic heterocycles. The fourth-order valence-corrected chi connectivity index (χ4v) is 5.46. The largest absolute Gasteiger partial charge is 0.496 e. The number of allylic oxidation sites excluding steroid dienone is 1. The summed E-state index contributed by atoms with van der Waals surface area (Å²) < 4.78 is 11.5. The molecule has 0 saturated carbocycles. The summed E-state index contributed by atoms with van der Waals surface area (Å²) in [4.78, 5) is 27.9. The van der Waals surface area contributed by atoms with Crippen LogP contribution in [-0.2, 0) is 14.9 Å². The van der Waals surface area contributed by atoms with Gasteiger partial charge in [-0.05, 0) is 49.9 Å². The second-order valence-electron chi connectivity index (χ2n) is 8.81. The minimum Gasteiger partial charge on any atom is -0.496 e. The quantitative estimate of drug-likeness (QED) is 0.702. The molecule has 1 heterocycles. The van der Waals surface area contributed by atoms with Crippen molar-refractivity contribution in [2.75, 3.05) is 27.3 Å².